The van der Waals surface area contributed by atoms with E-state index in [-0.39, 0.29) is 0 Å². The lowest BCUT2D eigenvalue weighted by Crippen LogP contribution is -2.46. The van der Waals surface area contributed by atoms with Gasteiger partial charge in [0.25, 0.3) is 0 Å². The molecule has 0 aromatic rings. The van der Waals surface area contributed by atoms with Crippen LogP contribution in [0.4, 0.5) is 0 Å². The molecule has 1 heterocycles. The number of likely N-dealkylation sites (N-methyl/N-ethyl adjacent to an activating group) is 1. The number of unbranched alkanes of at least 4 members (excludes halogenated alkanes) is 1. The first-order valence-corrected chi connectivity index (χ1v) is 11.6. The van der Waals surface area contributed by atoms with Crippen molar-refractivity contribution in [3.8, 4) is 0 Å². The van der Waals surface area contributed by atoms with Crippen molar-refractivity contribution in [1.29, 1.82) is 0 Å². The fourth-order valence-corrected chi connectivity index (χ4v) is 4.56. The Morgan fingerprint density at radius 3 is 2.48 bits per heavy atom. The first kappa shape index (κ1) is 20.8. The molecule has 2 rings (SSSR count). The van der Waals surface area contributed by atoms with Gasteiger partial charge >= 0.3 is 0 Å². The van der Waals surface area contributed by atoms with E-state index >= 15 is 0 Å². The third kappa shape index (κ3) is 7.75. The van der Waals surface area contributed by atoms with Crippen molar-refractivity contribution in [1.82, 2.24) is 20.4 Å². The van der Waals surface area contributed by atoms with Crippen LogP contribution in [0.15, 0.2) is 4.99 Å². The smallest absolute Gasteiger partial charge is 0.191 e. The standard InChI is InChI=1S/C19H39N5S/c1-4-20-19(22-17-8-9-18(16-17)25-3)21-10-6-7-11-24-14-12-23(5-2)13-15-24/h17-18H,4-16H2,1-3H3,(H2,20,21,22). The van der Waals surface area contributed by atoms with Crippen molar-refractivity contribution in [3.05, 3.63) is 0 Å². The van der Waals surface area contributed by atoms with Crippen molar-refractivity contribution in [2.45, 2.75) is 57.2 Å². The minimum Gasteiger partial charge on any atom is -0.357 e. The topological polar surface area (TPSA) is 42.9 Å². The van der Waals surface area contributed by atoms with Crippen molar-refractivity contribution >= 4 is 17.7 Å². The lowest BCUT2D eigenvalue weighted by Gasteiger charge is -2.33. The second kappa shape index (κ2) is 12.0. The zero-order valence-corrected chi connectivity index (χ0v) is 17.4. The molecule has 5 nitrogen and oxygen atoms in total. The zero-order valence-electron chi connectivity index (χ0n) is 16.6. The van der Waals surface area contributed by atoms with Crippen LogP contribution in [0.1, 0.15) is 46.0 Å². The summed E-state index contributed by atoms with van der Waals surface area (Å²) in [5.74, 6) is 1.02. The first-order valence-electron chi connectivity index (χ1n) is 10.3. The van der Waals surface area contributed by atoms with Gasteiger partial charge in [-0.25, -0.2) is 0 Å². The number of aliphatic imine (C=N–C) groups is 1. The number of nitrogens with one attached hydrogen (secondary N) is 2. The molecule has 1 saturated heterocycles. The Bertz CT molecular complexity index is 382. The van der Waals surface area contributed by atoms with Gasteiger partial charge in [-0.15, -0.1) is 0 Å². The van der Waals surface area contributed by atoms with E-state index < -0.39 is 0 Å². The summed E-state index contributed by atoms with van der Waals surface area (Å²) >= 11 is 2.01. The molecule has 2 aliphatic rings. The van der Waals surface area contributed by atoms with Crippen molar-refractivity contribution in [2.75, 3.05) is 58.6 Å². The van der Waals surface area contributed by atoms with Crippen LogP contribution >= 0.6 is 11.8 Å². The normalized spacial score (nSPS) is 26.1. The summed E-state index contributed by atoms with van der Waals surface area (Å²) in [4.78, 5) is 9.95. The maximum atomic E-state index is 4.80. The van der Waals surface area contributed by atoms with Crippen molar-refractivity contribution in [3.63, 3.8) is 0 Å². The molecule has 2 atom stereocenters. The Kier molecular flexibility index (Phi) is 10.0. The van der Waals surface area contributed by atoms with Gasteiger partial charge in [0.15, 0.2) is 5.96 Å². The Morgan fingerprint density at radius 2 is 1.84 bits per heavy atom. The van der Waals surface area contributed by atoms with Gasteiger partial charge in [-0.3, -0.25) is 4.99 Å². The molecular formula is C19H39N5S. The third-order valence-electron chi connectivity index (χ3n) is 5.47. The van der Waals surface area contributed by atoms with E-state index in [4.69, 9.17) is 4.99 Å². The van der Waals surface area contributed by atoms with Crippen LogP contribution < -0.4 is 10.6 Å². The number of guanidine groups is 1. The van der Waals surface area contributed by atoms with Gasteiger partial charge in [0.1, 0.15) is 0 Å². The predicted octanol–water partition coefficient (Wildman–Crippen LogP) is 2.24. The molecule has 1 aliphatic heterocycles. The Balaban J connectivity index is 1.61. The Morgan fingerprint density at radius 1 is 1.08 bits per heavy atom. The largest absolute Gasteiger partial charge is 0.357 e. The molecule has 0 aromatic heterocycles. The molecule has 0 radical (unpaired) electrons. The summed E-state index contributed by atoms with van der Waals surface area (Å²) in [7, 11) is 0. The van der Waals surface area contributed by atoms with E-state index in [9.17, 15) is 0 Å². The third-order valence-corrected chi connectivity index (χ3v) is 6.56. The van der Waals surface area contributed by atoms with Crippen LogP contribution in [0.25, 0.3) is 0 Å². The Labute approximate surface area is 159 Å². The van der Waals surface area contributed by atoms with Crippen LogP contribution in [0.2, 0.25) is 0 Å². The molecule has 1 saturated carbocycles. The fraction of sp³-hybridized carbons (Fsp3) is 0.947. The molecule has 2 fully saturated rings. The van der Waals surface area contributed by atoms with E-state index in [0.29, 0.717) is 6.04 Å². The number of piperazine rings is 1. The van der Waals surface area contributed by atoms with Gasteiger partial charge in [0, 0.05) is 50.6 Å². The van der Waals surface area contributed by atoms with Gasteiger partial charge in [-0.05, 0) is 58.4 Å². The number of hydrogen-bond acceptors (Lipinski definition) is 4. The molecule has 2 N–H and O–H groups in total. The lowest BCUT2D eigenvalue weighted by molar-refractivity contribution is 0.136. The molecule has 0 spiro atoms. The molecule has 146 valence electrons. The highest BCUT2D eigenvalue weighted by Gasteiger charge is 2.24. The quantitative estimate of drug-likeness (QED) is 0.371. The highest BCUT2D eigenvalue weighted by atomic mass is 32.2. The summed E-state index contributed by atoms with van der Waals surface area (Å²) in [5.41, 5.74) is 0. The molecule has 0 bridgehead atoms. The highest BCUT2D eigenvalue weighted by Crippen LogP contribution is 2.27. The van der Waals surface area contributed by atoms with Gasteiger partial charge < -0.3 is 20.4 Å². The average Bonchev–Trinajstić information content (AvgIpc) is 3.09. The SMILES string of the molecule is CCNC(=NCCCCN1CCN(CC)CC1)NC1CCC(SC)C1. The number of hydrogen-bond donors (Lipinski definition) is 2. The van der Waals surface area contributed by atoms with E-state index in [1.165, 1.54) is 71.4 Å². The molecule has 6 heteroatoms. The van der Waals surface area contributed by atoms with Crippen LogP contribution in [0, 0.1) is 0 Å². The summed E-state index contributed by atoms with van der Waals surface area (Å²) < 4.78 is 0. The first-order chi connectivity index (χ1) is 12.2. The summed E-state index contributed by atoms with van der Waals surface area (Å²) in [6.45, 7) is 13.6. The van der Waals surface area contributed by atoms with Crippen LogP contribution in [0.5, 0.6) is 0 Å². The fourth-order valence-electron chi connectivity index (χ4n) is 3.77. The van der Waals surface area contributed by atoms with E-state index in [1.807, 2.05) is 11.8 Å². The average molecular weight is 370 g/mol. The summed E-state index contributed by atoms with van der Waals surface area (Å²) in [5, 5.41) is 7.88. The van der Waals surface area contributed by atoms with Crippen LogP contribution in [-0.4, -0.2) is 85.7 Å². The molecule has 0 amide bonds. The van der Waals surface area contributed by atoms with Crippen molar-refractivity contribution < 1.29 is 0 Å². The summed E-state index contributed by atoms with van der Waals surface area (Å²) in [6, 6.07) is 0.602. The van der Waals surface area contributed by atoms with Gasteiger partial charge in [0.05, 0.1) is 0 Å². The second-order valence-electron chi connectivity index (χ2n) is 7.26. The Hall–Kier alpha value is -0.460. The predicted molar refractivity (Wildman–Crippen MR) is 112 cm³/mol. The van der Waals surface area contributed by atoms with Gasteiger partial charge in [-0.1, -0.05) is 6.92 Å². The zero-order chi connectivity index (χ0) is 17.9. The van der Waals surface area contributed by atoms with E-state index in [2.05, 4.69) is 40.5 Å². The second-order valence-corrected chi connectivity index (χ2v) is 8.39. The van der Waals surface area contributed by atoms with Gasteiger partial charge in [-0.2, -0.15) is 11.8 Å². The molecular weight excluding hydrogens is 330 g/mol. The van der Waals surface area contributed by atoms with Crippen LogP contribution in [0.3, 0.4) is 0 Å². The molecule has 0 aromatic carbocycles. The molecule has 25 heavy (non-hydrogen) atoms. The highest BCUT2D eigenvalue weighted by molar-refractivity contribution is 7.99. The molecule has 1 aliphatic carbocycles. The monoisotopic (exact) mass is 369 g/mol. The molecule has 2 unspecified atom stereocenters. The maximum Gasteiger partial charge on any atom is 0.191 e. The summed E-state index contributed by atoms with van der Waals surface area (Å²) in [6.07, 6.45) is 8.56. The van der Waals surface area contributed by atoms with E-state index in [0.717, 1.165) is 24.3 Å². The van der Waals surface area contributed by atoms with Crippen molar-refractivity contribution in [2.24, 2.45) is 4.99 Å². The maximum absolute atomic E-state index is 4.80. The van der Waals surface area contributed by atoms with Gasteiger partial charge in [0.2, 0.25) is 0 Å². The minimum absolute atomic E-state index is 0.602. The van der Waals surface area contributed by atoms with Crippen LogP contribution in [-0.2, 0) is 0 Å². The lowest BCUT2D eigenvalue weighted by atomic mass is 10.2. The van der Waals surface area contributed by atoms with E-state index in [1.54, 1.807) is 0 Å². The number of thioether (sulfide) groups is 1. The minimum atomic E-state index is 0.602. The number of rotatable bonds is 9. The number of nitrogens with zero attached hydrogens (tertiary/aromatic N) is 3.